The summed E-state index contributed by atoms with van der Waals surface area (Å²) in [5.74, 6) is -0.597. The van der Waals surface area contributed by atoms with Gasteiger partial charge >= 0.3 is 5.69 Å². The lowest BCUT2D eigenvalue weighted by Gasteiger charge is -2.10. The molecule has 0 unspecified atom stereocenters. The molecule has 0 aliphatic heterocycles. The first-order chi connectivity index (χ1) is 17.5. The highest BCUT2D eigenvalue weighted by Crippen LogP contribution is 2.30. The average molecular weight is 475 g/mol. The van der Waals surface area contributed by atoms with Crippen molar-refractivity contribution in [1.29, 1.82) is 10.5 Å². The van der Waals surface area contributed by atoms with E-state index in [1.165, 1.54) is 16.9 Å². The van der Waals surface area contributed by atoms with Gasteiger partial charge in [-0.3, -0.25) is 4.68 Å². The van der Waals surface area contributed by atoms with Crippen LogP contribution in [0.1, 0.15) is 16.7 Å². The predicted octanol–water partition coefficient (Wildman–Crippen LogP) is 3.38. The number of rotatable bonds is 4. The van der Waals surface area contributed by atoms with Crippen LogP contribution in [0.25, 0.3) is 39.0 Å². The fourth-order valence-corrected chi connectivity index (χ4v) is 4.21. The first kappa shape index (κ1) is 21.0. The summed E-state index contributed by atoms with van der Waals surface area (Å²) in [5, 5.41) is 31.2. The van der Waals surface area contributed by atoms with Gasteiger partial charge in [0.1, 0.15) is 11.6 Å². The molecule has 0 aliphatic carbocycles. The molecule has 0 radical (unpaired) electrons. The summed E-state index contributed by atoms with van der Waals surface area (Å²) in [6, 6.07) is 19.4. The summed E-state index contributed by atoms with van der Waals surface area (Å²) in [6.07, 6.45) is 1.44. The lowest BCUT2D eigenvalue weighted by molar-refractivity contribution is 0.635. The van der Waals surface area contributed by atoms with Gasteiger partial charge in [0, 0.05) is 5.56 Å². The molecule has 0 saturated carbocycles. The van der Waals surface area contributed by atoms with Crippen LogP contribution in [0.2, 0.25) is 0 Å². The van der Waals surface area contributed by atoms with E-state index in [9.17, 15) is 10.1 Å². The summed E-state index contributed by atoms with van der Waals surface area (Å²) >= 11 is 0. The summed E-state index contributed by atoms with van der Waals surface area (Å²) in [6.45, 7) is 0.317. The van der Waals surface area contributed by atoms with Gasteiger partial charge in [-0.15, -0.1) is 5.10 Å². The number of nitriles is 2. The third kappa shape index (κ3) is 3.40. The molecular formula is C25H14FN9O. The van der Waals surface area contributed by atoms with E-state index in [0.717, 1.165) is 5.56 Å². The molecule has 3 heterocycles. The van der Waals surface area contributed by atoms with Crippen LogP contribution in [-0.4, -0.2) is 34.7 Å². The van der Waals surface area contributed by atoms with Gasteiger partial charge in [-0.1, -0.05) is 17.3 Å². The number of nitrogens with one attached hydrogen (secondary N) is 2. The number of hydrogen-bond acceptors (Lipinski definition) is 6. The van der Waals surface area contributed by atoms with Crippen molar-refractivity contribution in [1.82, 2.24) is 34.7 Å². The minimum atomic E-state index is -0.597. The Morgan fingerprint density at radius 3 is 2.56 bits per heavy atom. The summed E-state index contributed by atoms with van der Waals surface area (Å²) in [5.41, 5.74) is 4.46. The Hall–Kier alpha value is -5.55. The predicted molar refractivity (Wildman–Crippen MR) is 127 cm³/mol. The highest BCUT2D eigenvalue weighted by molar-refractivity contribution is 5.85. The van der Waals surface area contributed by atoms with E-state index in [0.29, 0.717) is 45.6 Å². The number of halogens is 1. The molecule has 0 bridgehead atoms. The van der Waals surface area contributed by atoms with Crippen molar-refractivity contribution in [3.05, 3.63) is 93.8 Å². The minimum Gasteiger partial charge on any atom is -0.306 e. The van der Waals surface area contributed by atoms with Crippen molar-refractivity contribution in [3.63, 3.8) is 0 Å². The van der Waals surface area contributed by atoms with Gasteiger partial charge in [0.15, 0.2) is 5.82 Å². The molecule has 0 fully saturated rings. The molecule has 6 aromatic rings. The number of H-pyrrole nitrogens is 2. The van der Waals surface area contributed by atoms with Gasteiger partial charge < -0.3 is 9.97 Å². The molecule has 3 aromatic carbocycles. The van der Waals surface area contributed by atoms with Gasteiger partial charge in [-0.2, -0.15) is 15.6 Å². The molecule has 2 N–H and O–H groups in total. The Balaban J connectivity index is 1.49. The zero-order valence-electron chi connectivity index (χ0n) is 18.4. The molecule has 6 rings (SSSR count). The largest absolute Gasteiger partial charge is 0.323 e. The lowest BCUT2D eigenvalue weighted by atomic mass is 10.1. The summed E-state index contributed by atoms with van der Waals surface area (Å²) < 4.78 is 18.3. The highest BCUT2D eigenvalue weighted by atomic mass is 19.1. The maximum atomic E-state index is 15.2. The molecular weight excluding hydrogens is 461 g/mol. The first-order valence-corrected chi connectivity index (χ1v) is 10.8. The van der Waals surface area contributed by atoms with Crippen molar-refractivity contribution < 1.29 is 4.39 Å². The van der Waals surface area contributed by atoms with Gasteiger partial charge in [0.2, 0.25) is 0 Å². The van der Waals surface area contributed by atoms with Crippen molar-refractivity contribution in [2.75, 3.05) is 0 Å². The Kier molecular flexibility index (Phi) is 4.69. The zero-order valence-corrected chi connectivity index (χ0v) is 18.4. The molecule has 0 amide bonds. The maximum Gasteiger partial charge on any atom is 0.323 e. The number of imidazole rings is 1. The van der Waals surface area contributed by atoms with Crippen molar-refractivity contribution >= 4 is 22.1 Å². The average Bonchev–Trinajstić information content (AvgIpc) is 3.59. The third-order valence-corrected chi connectivity index (χ3v) is 5.90. The molecule has 0 atom stereocenters. The van der Waals surface area contributed by atoms with Crippen molar-refractivity contribution in [2.24, 2.45) is 0 Å². The number of hydrogen-bond donors (Lipinski definition) is 2. The summed E-state index contributed by atoms with van der Waals surface area (Å²) in [4.78, 5) is 17.0. The Labute approximate surface area is 201 Å². The van der Waals surface area contributed by atoms with Crippen LogP contribution >= 0.6 is 0 Å². The SMILES string of the molecule is N#Cc1ccc(Cn2ncc(C#N)c2-c2cc(F)c3nnn(-c4ccc5[nH]c(=O)[nH]c5c4)c3c2)cc1. The molecule has 36 heavy (non-hydrogen) atoms. The van der Waals surface area contributed by atoms with Crippen LogP contribution in [0.3, 0.4) is 0 Å². The van der Waals surface area contributed by atoms with Gasteiger partial charge in [-0.05, 0) is 48.0 Å². The molecule has 10 nitrogen and oxygen atoms in total. The fourth-order valence-electron chi connectivity index (χ4n) is 4.21. The van der Waals surface area contributed by atoms with Crippen LogP contribution in [-0.2, 0) is 6.54 Å². The molecule has 0 saturated heterocycles. The monoisotopic (exact) mass is 475 g/mol. The quantitative estimate of drug-likeness (QED) is 0.400. The van der Waals surface area contributed by atoms with Gasteiger partial charge in [0.05, 0.1) is 57.9 Å². The topological polar surface area (TPSA) is 145 Å². The van der Waals surface area contributed by atoms with Crippen LogP contribution < -0.4 is 5.69 Å². The standard InChI is InChI=1S/C25H14FN9O/c26-19-7-16(24-17(11-28)12-29-34(24)13-15-3-1-14(10-27)2-4-15)8-22-23(19)32-33-35(22)18-5-6-20-21(9-18)31-25(36)30-20/h1-9,12H,13H2,(H2,30,31,36). The van der Waals surface area contributed by atoms with Gasteiger partial charge in [-0.25, -0.2) is 13.9 Å². The Morgan fingerprint density at radius 1 is 0.972 bits per heavy atom. The Morgan fingerprint density at radius 2 is 1.78 bits per heavy atom. The number of aromatic nitrogens is 7. The molecule has 172 valence electrons. The van der Waals surface area contributed by atoms with Gasteiger partial charge in [0.25, 0.3) is 0 Å². The smallest absolute Gasteiger partial charge is 0.306 e. The second kappa shape index (κ2) is 8.04. The van der Waals surface area contributed by atoms with E-state index >= 15 is 4.39 Å². The second-order valence-corrected chi connectivity index (χ2v) is 8.12. The molecule has 11 heteroatoms. The van der Waals surface area contributed by atoms with Crippen molar-refractivity contribution in [3.8, 4) is 29.1 Å². The van der Waals surface area contributed by atoms with E-state index in [2.05, 4.69) is 37.5 Å². The molecule has 0 spiro atoms. The van der Waals surface area contributed by atoms with Crippen LogP contribution in [0.15, 0.2) is 65.6 Å². The highest BCUT2D eigenvalue weighted by Gasteiger charge is 2.19. The summed E-state index contributed by atoms with van der Waals surface area (Å²) in [7, 11) is 0. The number of nitrogens with zero attached hydrogens (tertiary/aromatic N) is 7. The van der Waals surface area contributed by atoms with E-state index in [-0.39, 0.29) is 16.8 Å². The van der Waals surface area contributed by atoms with E-state index in [1.807, 2.05) is 0 Å². The van der Waals surface area contributed by atoms with E-state index in [1.54, 1.807) is 53.2 Å². The Bertz CT molecular complexity index is 1930. The third-order valence-electron chi connectivity index (χ3n) is 5.90. The van der Waals surface area contributed by atoms with Crippen LogP contribution in [0, 0.1) is 28.5 Å². The number of aromatic amines is 2. The minimum absolute atomic E-state index is 0.0677. The van der Waals surface area contributed by atoms with Crippen molar-refractivity contribution in [2.45, 2.75) is 6.54 Å². The molecule has 0 aliphatic rings. The first-order valence-electron chi connectivity index (χ1n) is 10.8. The number of benzene rings is 3. The zero-order chi connectivity index (χ0) is 24.8. The maximum absolute atomic E-state index is 15.2. The number of fused-ring (bicyclic) bond motifs is 2. The second-order valence-electron chi connectivity index (χ2n) is 8.12. The van der Waals surface area contributed by atoms with Crippen LogP contribution in [0.4, 0.5) is 4.39 Å². The molecule has 3 aromatic heterocycles. The van der Waals surface area contributed by atoms with E-state index in [4.69, 9.17) is 5.26 Å². The fraction of sp³-hybridized carbons (Fsp3) is 0.0400. The van der Waals surface area contributed by atoms with E-state index < -0.39 is 5.82 Å². The van der Waals surface area contributed by atoms with Crippen LogP contribution in [0.5, 0.6) is 0 Å². The lowest BCUT2D eigenvalue weighted by Crippen LogP contribution is -2.05. The normalized spacial score (nSPS) is 11.1.